The van der Waals surface area contributed by atoms with Crippen LogP contribution in [-0.2, 0) is 9.53 Å². The van der Waals surface area contributed by atoms with Gasteiger partial charge >= 0.3 is 0 Å². The number of carbonyl (C=O) groups excluding carboxylic acids is 1. The van der Waals surface area contributed by atoms with Gasteiger partial charge in [-0.05, 0) is 50.2 Å². The smallest absolute Gasteiger partial charge is 0.247 e. The van der Waals surface area contributed by atoms with Crippen molar-refractivity contribution >= 4 is 17.5 Å². The summed E-state index contributed by atoms with van der Waals surface area (Å²) in [5.74, 6) is 2.23. The molecular formula is C22H26N8O2. The molecule has 0 saturated heterocycles. The summed E-state index contributed by atoms with van der Waals surface area (Å²) in [4.78, 5) is 32.6. The summed E-state index contributed by atoms with van der Waals surface area (Å²) in [5, 5.41) is 9.88. The minimum absolute atomic E-state index is 0.0209. The molecule has 1 saturated carbocycles. The van der Waals surface area contributed by atoms with Crippen molar-refractivity contribution in [1.82, 2.24) is 30.1 Å². The van der Waals surface area contributed by atoms with E-state index in [9.17, 15) is 4.79 Å². The molecule has 1 aliphatic heterocycles. The van der Waals surface area contributed by atoms with Crippen LogP contribution in [0, 0.1) is 12.8 Å². The first-order chi connectivity index (χ1) is 15.6. The number of hydrogen-bond acceptors (Lipinski definition) is 8. The second-order valence-electron chi connectivity index (χ2n) is 8.37. The quantitative estimate of drug-likeness (QED) is 0.628. The Balaban J connectivity index is 1.42. The first-order valence-corrected chi connectivity index (χ1v) is 10.9. The van der Waals surface area contributed by atoms with Crippen molar-refractivity contribution in [3.8, 4) is 22.8 Å². The number of nitrogens with zero attached hydrogens (tertiary/aromatic N) is 6. The molecule has 0 aromatic carbocycles. The highest BCUT2D eigenvalue weighted by Crippen LogP contribution is 2.33. The van der Waals surface area contributed by atoms with Crippen LogP contribution in [-0.4, -0.2) is 62.3 Å². The Morgan fingerprint density at radius 3 is 2.69 bits per heavy atom. The van der Waals surface area contributed by atoms with Crippen LogP contribution in [0.1, 0.15) is 31.2 Å². The van der Waals surface area contributed by atoms with Gasteiger partial charge in [0, 0.05) is 25.4 Å². The molecule has 3 aromatic heterocycles. The largest absolute Gasteiger partial charge is 0.381 e. The molecule has 4 heterocycles. The van der Waals surface area contributed by atoms with E-state index < -0.39 is 0 Å². The number of aromatic amines is 1. The molecule has 0 radical (unpaired) electrons. The number of hydrogen-bond donors (Lipinski definition) is 2. The summed E-state index contributed by atoms with van der Waals surface area (Å²) >= 11 is 0. The molecule has 1 fully saturated rings. The zero-order chi connectivity index (χ0) is 22.1. The first kappa shape index (κ1) is 20.5. The van der Waals surface area contributed by atoms with Crippen LogP contribution >= 0.6 is 0 Å². The highest BCUT2D eigenvalue weighted by atomic mass is 16.5. The molecule has 32 heavy (non-hydrogen) atoms. The Labute approximate surface area is 185 Å². The highest BCUT2D eigenvalue weighted by Gasteiger charge is 2.31. The fraction of sp³-hybridized carbons (Fsp3) is 0.455. The monoisotopic (exact) mass is 434 g/mol. The third-order valence-corrected chi connectivity index (χ3v) is 6.32. The van der Waals surface area contributed by atoms with Gasteiger partial charge in [0.2, 0.25) is 5.91 Å². The molecule has 0 bridgehead atoms. The number of pyridine rings is 1. The van der Waals surface area contributed by atoms with Crippen LogP contribution in [0.25, 0.3) is 22.8 Å². The summed E-state index contributed by atoms with van der Waals surface area (Å²) in [6, 6.07) is 1.93. The zero-order valence-electron chi connectivity index (χ0n) is 18.2. The molecule has 1 aliphatic carbocycles. The van der Waals surface area contributed by atoms with Gasteiger partial charge in [0.25, 0.3) is 0 Å². The van der Waals surface area contributed by atoms with Crippen LogP contribution in [0.2, 0.25) is 0 Å². The molecule has 0 spiro atoms. The summed E-state index contributed by atoms with van der Waals surface area (Å²) in [7, 11) is 1.77. The van der Waals surface area contributed by atoms with Gasteiger partial charge in [0.15, 0.2) is 17.5 Å². The summed E-state index contributed by atoms with van der Waals surface area (Å²) in [5.41, 5.74) is 3.20. The Hall–Kier alpha value is -3.40. The van der Waals surface area contributed by atoms with Crippen LogP contribution in [0.15, 0.2) is 24.8 Å². The van der Waals surface area contributed by atoms with Gasteiger partial charge in [-0.25, -0.2) is 15.0 Å². The van der Waals surface area contributed by atoms with Crippen molar-refractivity contribution in [2.75, 3.05) is 30.4 Å². The lowest BCUT2D eigenvalue weighted by atomic mass is 9.87. The number of aryl methyl sites for hydroxylation is 1. The molecule has 0 unspecified atom stereocenters. The lowest BCUT2D eigenvalue weighted by molar-refractivity contribution is -0.117. The number of fused-ring (bicyclic) bond motifs is 1. The average Bonchev–Trinajstić information content (AvgIpc) is 3.36. The normalized spacial score (nSPS) is 20.7. The highest BCUT2D eigenvalue weighted by molar-refractivity contribution is 6.01. The van der Waals surface area contributed by atoms with Gasteiger partial charge in [-0.1, -0.05) is 0 Å². The number of carbonyl (C=O) groups is 1. The maximum atomic E-state index is 12.8. The third kappa shape index (κ3) is 3.93. The lowest BCUT2D eigenvalue weighted by Crippen LogP contribution is -2.44. The van der Waals surface area contributed by atoms with Crippen molar-refractivity contribution in [2.24, 2.45) is 5.92 Å². The number of anilines is 2. The molecule has 10 nitrogen and oxygen atoms in total. The van der Waals surface area contributed by atoms with E-state index in [-0.39, 0.29) is 12.5 Å². The fourth-order valence-corrected chi connectivity index (χ4v) is 4.47. The number of methoxy groups -OCH3 is 1. The van der Waals surface area contributed by atoms with Gasteiger partial charge in [-0.2, -0.15) is 5.10 Å². The first-order valence-electron chi connectivity index (χ1n) is 10.9. The van der Waals surface area contributed by atoms with Crippen molar-refractivity contribution in [1.29, 1.82) is 0 Å². The van der Waals surface area contributed by atoms with Gasteiger partial charge < -0.3 is 10.1 Å². The van der Waals surface area contributed by atoms with Crippen LogP contribution < -0.4 is 10.2 Å². The number of nitrogens with one attached hydrogen (secondary N) is 2. The molecule has 0 atom stereocenters. The van der Waals surface area contributed by atoms with Gasteiger partial charge in [0.05, 0.1) is 24.5 Å². The molecule has 5 rings (SSSR count). The van der Waals surface area contributed by atoms with Crippen molar-refractivity contribution in [2.45, 2.75) is 38.7 Å². The van der Waals surface area contributed by atoms with E-state index in [4.69, 9.17) is 9.72 Å². The molecule has 3 aromatic rings. The number of H-pyrrole nitrogens is 1. The maximum Gasteiger partial charge on any atom is 0.247 e. The molecule has 166 valence electrons. The summed E-state index contributed by atoms with van der Waals surface area (Å²) in [6.45, 7) is 2.88. The Morgan fingerprint density at radius 2 is 1.97 bits per heavy atom. The molecular weight excluding hydrogens is 408 g/mol. The molecule has 2 aliphatic rings. The summed E-state index contributed by atoms with van der Waals surface area (Å²) in [6.07, 6.45) is 9.48. The van der Waals surface area contributed by atoms with E-state index in [0.29, 0.717) is 47.4 Å². The second kappa shape index (κ2) is 8.62. The van der Waals surface area contributed by atoms with E-state index in [1.54, 1.807) is 24.4 Å². The van der Waals surface area contributed by atoms with E-state index in [1.807, 2.05) is 13.0 Å². The van der Waals surface area contributed by atoms with Crippen molar-refractivity contribution in [3.63, 3.8) is 0 Å². The zero-order valence-corrected chi connectivity index (χ0v) is 18.2. The SMILES string of the molecule is CO[C@H]1CC[C@H](CN2C(=O)CNc3ncc(-c4cnc(-c5nc[nH]n5)cc4C)nc32)CC1. The second-order valence-corrected chi connectivity index (χ2v) is 8.37. The topological polar surface area (TPSA) is 122 Å². The summed E-state index contributed by atoms with van der Waals surface area (Å²) < 4.78 is 5.49. The minimum atomic E-state index is 0.0209. The van der Waals surface area contributed by atoms with Crippen LogP contribution in [0.5, 0.6) is 0 Å². The lowest BCUT2D eigenvalue weighted by Gasteiger charge is -2.34. The Kier molecular flexibility index (Phi) is 5.52. The predicted octanol–water partition coefficient (Wildman–Crippen LogP) is 2.60. The molecule has 2 N–H and O–H groups in total. The predicted molar refractivity (Wildman–Crippen MR) is 119 cm³/mol. The van der Waals surface area contributed by atoms with Gasteiger partial charge in [-0.15, -0.1) is 0 Å². The van der Waals surface area contributed by atoms with E-state index >= 15 is 0 Å². The average molecular weight is 435 g/mol. The van der Waals surface area contributed by atoms with Gasteiger partial charge in [0.1, 0.15) is 12.0 Å². The van der Waals surface area contributed by atoms with Gasteiger partial charge in [-0.3, -0.25) is 19.8 Å². The Bertz CT molecular complexity index is 1110. The van der Waals surface area contributed by atoms with E-state index in [0.717, 1.165) is 36.8 Å². The van der Waals surface area contributed by atoms with Crippen LogP contribution in [0.3, 0.4) is 0 Å². The fourth-order valence-electron chi connectivity index (χ4n) is 4.47. The number of rotatable bonds is 5. The number of amides is 1. The standard InChI is InChI=1S/C22H26N8O2/c1-13-7-17(20-26-12-27-29-20)23-8-16(13)18-9-24-21-22(28-18)30(19(31)10-25-21)11-14-3-5-15(32-2)6-4-14/h7-9,12,14-15H,3-6,10-11H2,1-2H3,(H,24,25)(H,26,27,29)/t14-,15-. The van der Waals surface area contributed by atoms with Crippen molar-refractivity contribution < 1.29 is 9.53 Å². The van der Waals surface area contributed by atoms with Crippen molar-refractivity contribution in [3.05, 3.63) is 30.4 Å². The van der Waals surface area contributed by atoms with E-state index in [1.165, 1.54) is 6.33 Å². The number of ether oxygens (including phenoxy) is 1. The minimum Gasteiger partial charge on any atom is -0.381 e. The molecule has 1 amide bonds. The Morgan fingerprint density at radius 1 is 1.12 bits per heavy atom. The van der Waals surface area contributed by atoms with Crippen LogP contribution in [0.4, 0.5) is 11.6 Å². The number of aromatic nitrogens is 6. The molecule has 10 heteroatoms. The third-order valence-electron chi connectivity index (χ3n) is 6.32. The van der Waals surface area contributed by atoms with E-state index in [2.05, 4.69) is 30.5 Å². The maximum absolute atomic E-state index is 12.8.